The zero-order chi connectivity index (χ0) is 15.6. The van der Waals surface area contributed by atoms with E-state index in [9.17, 15) is 9.59 Å². The number of aromatic nitrogens is 3. The largest absolute Gasteiger partial charge is 0.465 e. The van der Waals surface area contributed by atoms with Crippen LogP contribution in [0.15, 0.2) is 33.0 Å². The highest BCUT2D eigenvalue weighted by Crippen LogP contribution is 2.33. The lowest BCUT2D eigenvalue weighted by molar-refractivity contribution is 0.0601. The second-order valence-corrected chi connectivity index (χ2v) is 5.60. The number of para-hydroxylation sites is 1. The molecule has 3 N–H and O–H groups in total. The molecule has 0 atom stereocenters. The monoisotopic (exact) mass is 308 g/mol. The molecule has 0 saturated carbocycles. The van der Waals surface area contributed by atoms with Crippen LogP contribution in [0.25, 0.3) is 0 Å². The zero-order valence-corrected chi connectivity index (χ0v) is 12.7. The summed E-state index contributed by atoms with van der Waals surface area (Å²) >= 11 is 1.22. The van der Waals surface area contributed by atoms with Gasteiger partial charge in [0, 0.05) is 10.9 Å². The van der Waals surface area contributed by atoms with E-state index in [1.165, 1.54) is 23.4 Å². The molecule has 0 aliphatic carbocycles. The van der Waals surface area contributed by atoms with E-state index in [2.05, 4.69) is 14.9 Å². The molecule has 0 spiro atoms. The van der Waals surface area contributed by atoms with Gasteiger partial charge in [0.2, 0.25) is 0 Å². The molecule has 0 radical (unpaired) electrons. The van der Waals surface area contributed by atoms with Crippen molar-refractivity contribution in [2.24, 2.45) is 0 Å². The van der Waals surface area contributed by atoms with E-state index in [1.807, 2.05) is 13.8 Å². The number of ether oxygens (including phenoxy) is 1. The van der Waals surface area contributed by atoms with E-state index in [0.29, 0.717) is 15.7 Å². The van der Waals surface area contributed by atoms with Crippen LogP contribution in [0.3, 0.4) is 0 Å². The first kappa shape index (κ1) is 15.2. The third kappa shape index (κ3) is 2.94. The van der Waals surface area contributed by atoms with Crippen molar-refractivity contribution in [2.45, 2.75) is 29.9 Å². The second-order valence-electron chi connectivity index (χ2n) is 4.59. The van der Waals surface area contributed by atoms with Crippen molar-refractivity contribution in [1.29, 1.82) is 0 Å². The van der Waals surface area contributed by atoms with Crippen molar-refractivity contribution < 1.29 is 9.53 Å². The number of carbonyl (C=O) groups is 1. The van der Waals surface area contributed by atoms with Gasteiger partial charge in [0.15, 0.2) is 5.16 Å². The van der Waals surface area contributed by atoms with Crippen LogP contribution in [-0.4, -0.2) is 27.8 Å². The number of esters is 1. The standard InChI is InChI=1S/C13H16N4O3S/c1-7(2)17-12(19)15-16-13(17)21-9-6-4-5-8(10(9)14)11(18)20-3/h4-7H,14H2,1-3H3,(H,15,19). The van der Waals surface area contributed by atoms with Crippen molar-refractivity contribution in [1.82, 2.24) is 14.8 Å². The van der Waals surface area contributed by atoms with Crippen molar-refractivity contribution in [3.63, 3.8) is 0 Å². The molecule has 8 heteroatoms. The normalized spacial score (nSPS) is 10.9. The van der Waals surface area contributed by atoms with E-state index in [4.69, 9.17) is 5.73 Å². The van der Waals surface area contributed by atoms with Crippen LogP contribution in [0, 0.1) is 0 Å². The summed E-state index contributed by atoms with van der Waals surface area (Å²) in [6.45, 7) is 3.77. The Bertz CT molecular complexity index is 720. The molecular formula is C13H16N4O3S. The number of rotatable bonds is 4. The van der Waals surface area contributed by atoms with Crippen LogP contribution in [0.1, 0.15) is 30.2 Å². The summed E-state index contributed by atoms with van der Waals surface area (Å²) < 4.78 is 6.21. The summed E-state index contributed by atoms with van der Waals surface area (Å²) in [6, 6.07) is 5.01. The number of nitrogens with zero attached hydrogens (tertiary/aromatic N) is 2. The number of carbonyl (C=O) groups excluding carboxylic acids is 1. The topological polar surface area (TPSA) is 103 Å². The molecule has 2 aromatic rings. The van der Waals surface area contributed by atoms with Gasteiger partial charge in [-0.25, -0.2) is 14.7 Å². The molecule has 0 aliphatic heterocycles. The van der Waals surface area contributed by atoms with Gasteiger partial charge < -0.3 is 10.5 Å². The number of anilines is 1. The Labute approximate surface area is 125 Å². The Morgan fingerprint density at radius 3 is 2.81 bits per heavy atom. The van der Waals surface area contributed by atoms with Gasteiger partial charge in [-0.15, -0.1) is 5.10 Å². The first-order valence-corrected chi connectivity index (χ1v) is 7.09. The quantitative estimate of drug-likeness (QED) is 0.658. The summed E-state index contributed by atoms with van der Waals surface area (Å²) in [5.74, 6) is -0.502. The number of nitrogen functional groups attached to an aromatic ring is 1. The molecule has 112 valence electrons. The Hall–Kier alpha value is -2.22. The molecule has 1 aromatic carbocycles. The summed E-state index contributed by atoms with van der Waals surface area (Å²) in [6.07, 6.45) is 0. The summed E-state index contributed by atoms with van der Waals surface area (Å²) in [7, 11) is 1.30. The van der Waals surface area contributed by atoms with E-state index in [0.717, 1.165) is 0 Å². The predicted molar refractivity (Wildman–Crippen MR) is 79.5 cm³/mol. The van der Waals surface area contributed by atoms with Gasteiger partial charge in [0.25, 0.3) is 0 Å². The first-order valence-electron chi connectivity index (χ1n) is 6.27. The minimum atomic E-state index is -0.502. The number of hydrogen-bond donors (Lipinski definition) is 2. The molecule has 0 unspecified atom stereocenters. The maximum absolute atomic E-state index is 11.7. The summed E-state index contributed by atoms with van der Waals surface area (Å²) in [4.78, 5) is 24.0. The highest BCUT2D eigenvalue weighted by atomic mass is 32.2. The first-order chi connectivity index (χ1) is 9.95. The molecule has 1 aromatic heterocycles. The van der Waals surface area contributed by atoms with Crippen molar-refractivity contribution >= 4 is 23.4 Å². The molecule has 0 aliphatic rings. The van der Waals surface area contributed by atoms with E-state index in [1.54, 1.807) is 18.2 Å². The smallest absolute Gasteiger partial charge is 0.344 e. The van der Waals surface area contributed by atoms with Gasteiger partial charge in [0.1, 0.15) is 0 Å². The number of nitrogens with two attached hydrogens (primary N) is 1. The van der Waals surface area contributed by atoms with Crippen LogP contribution < -0.4 is 11.4 Å². The number of hydrogen-bond acceptors (Lipinski definition) is 6. The lowest BCUT2D eigenvalue weighted by Gasteiger charge is -2.11. The number of methoxy groups -OCH3 is 1. The molecular weight excluding hydrogens is 292 g/mol. The Kier molecular flexibility index (Phi) is 4.37. The Morgan fingerprint density at radius 2 is 2.19 bits per heavy atom. The predicted octanol–water partition coefficient (Wildman–Crippen LogP) is 1.67. The van der Waals surface area contributed by atoms with Gasteiger partial charge in [-0.1, -0.05) is 6.07 Å². The number of aromatic amines is 1. The fourth-order valence-corrected chi connectivity index (χ4v) is 2.88. The third-order valence-electron chi connectivity index (χ3n) is 2.86. The minimum absolute atomic E-state index is 0.0382. The lowest BCUT2D eigenvalue weighted by Crippen LogP contribution is -2.19. The summed E-state index contributed by atoms with van der Waals surface area (Å²) in [5.41, 5.74) is 6.31. The Balaban J connectivity index is 2.41. The van der Waals surface area contributed by atoms with Gasteiger partial charge in [0.05, 0.1) is 18.4 Å². The molecule has 0 bridgehead atoms. The fraction of sp³-hybridized carbons (Fsp3) is 0.308. The highest BCUT2D eigenvalue weighted by Gasteiger charge is 2.17. The van der Waals surface area contributed by atoms with Crippen LogP contribution in [0.5, 0.6) is 0 Å². The average Bonchev–Trinajstić information content (AvgIpc) is 2.81. The third-order valence-corrected chi connectivity index (χ3v) is 3.91. The SMILES string of the molecule is COC(=O)c1cccc(Sc2n[nH]c(=O)n2C(C)C)c1N. The molecule has 1 heterocycles. The van der Waals surface area contributed by atoms with E-state index < -0.39 is 5.97 Å². The fourth-order valence-electron chi connectivity index (χ4n) is 1.84. The summed E-state index contributed by atoms with van der Waals surface area (Å²) in [5, 5.41) is 6.89. The van der Waals surface area contributed by atoms with Crippen LogP contribution in [0.4, 0.5) is 5.69 Å². The van der Waals surface area contributed by atoms with Crippen LogP contribution >= 0.6 is 11.8 Å². The number of benzene rings is 1. The van der Waals surface area contributed by atoms with E-state index in [-0.39, 0.29) is 17.3 Å². The molecule has 2 rings (SSSR count). The average molecular weight is 308 g/mol. The number of H-pyrrole nitrogens is 1. The van der Waals surface area contributed by atoms with Gasteiger partial charge in [-0.2, -0.15) is 0 Å². The molecule has 0 amide bonds. The highest BCUT2D eigenvalue weighted by molar-refractivity contribution is 7.99. The minimum Gasteiger partial charge on any atom is -0.465 e. The van der Waals surface area contributed by atoms with Gasteiger partial charge >= 0.3 is 11.7 Å². The van der Waals surface area contributed by atoms with Crippen molar-refractivity contribution in [2.75, 3.05) is 12.8 Å². The Morgan fingerprint density at radius 1 is 1.48 bits per heavy atom. The second kappa shape index (κ2) is 6.04. The van der Waals surface area contributed by atoms with Crippen LogP contribution in [0.2, 0.25) is 0 Å². The van der Waals surface area contributed by atoms with Crippen molar-refractivity contribution in [3.8, 4) is 0 Å². The lowest BCUT2D eigenvalue weighted by atomic mass is 10.2. The maximum Gasteiger partial charge on any atom is 0.344 e. The maximum atomic E-state index is 11.7. The van der Waals surface area contributed by atoms with E-state index >= 15 is 0 Å². The molecule has 0 saturated heterocycles. The molecule has 0 fully saturated rings. The molecule has 21 heavy (non-hydrogen) atoms. The zero-order valence-electron chi connectivity index (χ0n) is 11.9. The van der Waals surface area contributed by atoms with Crippen LogP contribution in [-0.2, 0) is 4.74 Å². The van der Waals surface area contributed by atoms with Gasteiger partial charge in [-0.05, 0) is 37.7 Å². The molecule has 7 nitrogen and oxygen atoms in total. The number of nitrogens with one attached hydrogen (secondary N) is 1. The van der Waals surface area contributed by atoms with Gasteiger partial charge in [-0.3, -0.25) is 4.57 Å². The van der Waals surface area contributed by atoms with Crippen molar-refractivity contribution in [3.05, 3.63) is 34.2 Å².